The Balaban J connectivity index is 0.983. The van der Waals surface area contributed by atoms with Crippen molar-refractivity contribution in [3.63, 3.8) is 0 Å². The van der Waals surface area contributed by atoms with Crippen molar-refractivity contribution in [2.45, 2.75) is 168 Å². The van der Waals surface area contributed by atoms with Crippen LogP contribution in [0, 0.1) is 27.6 Å². The third kappa shape index (κ3) is 14.6. The van der Waals surface area contributed by atoms with Crippen molar-refractivity contribution in [1.82, 2.24) is 61.6 Å². The molecule has 4 heterocycles. The van der Waals surface area contributed by atoms with Gasteiger partial charge in [0.25, 0.3) is 0 Å². The summed E-state index contributed by atoms with van der Waals surface area (Å²) >= 11 is 14.5. The molecule has 10 rings (SSSR count). The number of halogens is 2. The van der Waals surface area contributed by atoms with Crippen LogP contribution in [0.15, 0.2) is 84.9 Å². The number of benzene rings is 4. The molecular formula is C73H98Cl2N12O8. The molecule has 512 valence electrons. The summed E-state index contributed by atoms with van der Waals surface area (Å²) in [5.41, 5.74) is 1.82. The first-order valence-electron chi connectivity index (χ1n) is 33.9. The van der Waals surface area contributed by atoms with Gasteiger partial charge < -0.3 is 61.1 Å². The van der Waals surface area contributed by atoms with E-state index >= 15 is 4.79 Å². The van der Waals surface area contributed by atoms with Crippen LogP contribution in [-0.2, 0) is 39.5 Å². The second-order valence-electron chi connectivity index (χ2n) is 29.8. The molecular weight excluding hydrogens is 1240 g/mol. The predicted molar refractivity (Wildman–Crippen MR) is 371 cm³/mol. The quantitative estimate of drug-likeness (QED) is 0.0301. The highest BCUT2D eigenvalue weighted by Crippen LogP contribution is 2.65. The van der Waals surface area contributed by atoms with E-state index in [0.29, 0.717) is 128 Å². The number of rotatable bonds is 23. The lowest BCUT2D eigenvalue weighted by Gasteiger charge is -2.39. The molecule has 8 N–H and O–H groups in total. The highest BCUT2D eigenvalue weighted by Gasteiger charge is 2.60. The first kappa shape index (κ1) is 70.5. The van der Waals surface area contributed by atoms with E-state index in [1.165, 1.54) is 4.90 Å². The van der Waals surface area contributed by atoms with Crippen LogP contribution in [0.4, 0.5) is 9.59 Å². The number of aromatic amines is 2. The number of fused-ring (bicyclic) bond motifs is 2. The summed E-state index contributed by atoms with van der Waals surface area (Å²) in [5.74, 6) is -0.849. The van der Waals surface area contributed by atoms with Gasteiger partial charge in [-0.1, -0.05) is 127 Å². The molecule has 2 unspecified atom stereocenters. The largest absolute Gasteiger partial charge is 0.381 e. The van der Waals surface area contributed by atoms with Crippen LogP contribution < -0.4 is 31.9 Å². The normalized spacial score (nSPS) is 20.8. The molecule has 4 fully saturated rings. The summed E-state index contributed by atoms with van der Waals surface area (Å²) < 4.78 is 11.7. The van der Waals surface area contributed by atoms with E-state index in [-0.39, 0.29) is 52.9 Å². The summed E-state index contributed by atoms with van der Waals surface area (Å²) in [5, 5.41) is 20.1. The molecule has 2 aliphatic heterocycles. The molecule has 2 aliphatic carbocycles. The number of ether oxygens (including phenoxy) is 2. The maximum Gasteiger partial charge on any atom is 0.318 e. The van der Waals surface area contributed by atoms with Crippen LogP contribution >= 0.6 is 23.2 Å². The summed E-state index contributed by atoms with van der Waals surface area (Å²) in [6.45, 7) is 24.8. The average molecular weight is 1340 g/mol. The van der Waals surface area contributed by atoms with Gasteiger partial charge in [0.2, 0.25) is 23.6 Å². The molecule has 2 saturated heterocycles. The van der Waals surface area contributed by atoms with Crippen LogP contribution in [0.3, 0.4) is 0 Å². The van der Waals surface area contributed by atoms with Gasteiger partial charge in [-0.15, -0.1) is 0 Å². The number of nitrogens with one attached hydrogen (secondary N) is 8. The number of urea groups is 2. The standard InChI is InChI=1S/C73H98Cl2N12O8/c1-14-76-62(88)58(68(4,5)6)84-64(90)72(31-35-94-36-32-72)43-25-27-50-52(39-43)80-60(78-50)56(54(70(10)29-30-70)46-21-17-19-23-48(46)74)83-67(93)87(16-3)42-45-41-71(45,11)55(47-22-18-20-24-49(47)75)57(82-66(92)86(12)13)61-79-51-28-26-44(40-53(51)81-61)73(33-37-95-38-34-73)65(91)85-59(69(7,8)9)63(89)77-15-2/h17-28,39-40,45,54-59H,14-16,29-38,41-42H2,1-13H3,(H,76,88)(H,77,89)(H,78,80)(H,79,81)(H,82,92)(H,83,93)(H,84,90)(H,85,91)/t45?,54-,55-,56-,57-,58-,59-,71?/m0/s1. The van der Waals surface area contributed by atoms with Crippen LogP contribution in [0.25, 0.3) is 22.1 Å². The summed E-state index contributed by atoms with van der Waals surface area (Å²) in [7, 11) is 3.38. The first-order valence-corrected chi connectivity index (χ1v) is 34.6. The lowest BCUT2D eigenvalue weighted by molar-refractivity contribution is -0.137. The third-order valence-corrected chi connectivity index (χ3v) is 21.6. The van der Waals surface area contributed by atoms with Gasteiger partial charge in [0, 0.05) is 88.6 Å². The van der Waals surface area contributed by atoms with E-state index < -0.39 is 57.2 Å². The minimum Gasteiger partial charge on any atom is -0.381 e. The molecule has 8 atom stereocenters. The molecule has 6 aromatic rings. The molecule has 2 saturated carbocycles. The SMILES string of the molecule is CCNC(=O)[C@H](NC(=O)C1(c2ccc3nc([C@@H](NC(=O)N(CC)CC4CC4(C)[C@@H](c4ccccc4Cl)[C@H](NC(=O)N(C)C)c4nc5ccc(C6(C(=O)N[C@@H](C(=O)NCC)C(C)(C)C)CCOCC6)cc5[nH]4)[C@H](c4ccccc4Cl)C4(C)CC4)[nH]c3c2)CCOCC1)C(C)(C)C. The fourth-order valence-corrected chi connectivity index (χ4v) is 15.3. The smallest absolute Gasteiger partial charge is 0.318 e. The molecule has 8 amide bonds. The monoisotopic (exact) mass is 1340 g/mol. The Morgan fingerprint density at radius 2 is 1.01 bits per heavy atom. The number of hydrogen-bond donors (Lipinski definition) is 8. The third-order valence-electron chi connectivity index (χ3n) is 20.9. The highest BCUT2D eigenvalue weighted by atomic mass is 35.5. The van der Waals surface area contributed by atoms with Crippen molar-refractivity contribution in [2.24, 2.45) is 27.6 Å². The topological polar surface area (TPSA) is 257 Å². The fourth-order valence-electron chi connectivity index (χ4n) is 14.8. The van der Waals surface area contributed by atoms with E-state index in [1.54, 1.807) is 14.1 Å². The van der Waals surface area contributed by atoms with Gasteiger partial charge in [-0.3, -0.25) is 19.2 Å². The van der Waals surface area contributed by atoms with Crippen molar-refractivity contribution in [1.29, 1.82) is 0 Å². The fraction of sp³-hybridized carbons (Fsp3) is 0.562. The van der Waals surface area contributed by atoms with E-state index in [9.17, 15) is 24.0 Å². The maximum absolute atomic E-state index is 15.6. The van der Waals surface area contributed by atoms with Crippen molar-refractivity contribution in [3.8, 4) is 0 Å². The Labute approximate surface area is 569 Å². The van der Waals surface area contributed by atoms with E-state index in [2.05, 4.69) is 55.7 Å². The molecule has 2 aromatic heterocycles. The van der Waals surface area contributed by atoms with Crippen molar-refractivity contribution >= 4 is 81.0 Å². The van der Waals surface area contributed by atoms with Gasteiger partial charge in [0.15, 0.2) is 0 Å². The number of imidazole rings is 2. The molecule has 0 spiro atoms. The second-order valence-corrected chi connectivity index (χ2v) is 30.6. The van der Waals surface area contributed by atoms with Gasteiger partial charge in [-0.05, 0) is 152 Å². The van der Waals surface area contributed by atoms with Gasteiger partial charge >= 0.3 is 12.1 Å². The van der Waals surface area contributed by atoms with Crippen molar-refractivity contribution < 1.29 is 38.2 Å². The van der Waals surface area contributed by atoms with Gasteiger partial charge in [0.1, 0.15) is 23.7 Å². The maximum atomic E-state index is 15.6. The van der Waals surface area contributed by atoms with Crippen LogP contribution in [-0.4, -0.2) is 144 Å². The van der Waals surface area contributed by atoms with E-state index in [0.717, 1.165) is 35.1 Å². The molecule has 0 bridgehead atoms. The van der Waals surface area contributed by atoms with Crippen LogP contribution in [0.2, 0.25) is 10.0 Å². The van der Waals surface area contributed by atoms with Crippen molar-refractivity contribution in [2.75, 3.05) is 66.7 Å². The Morgan fingerprint density at radius 3 is 1.41 bits per heavy atom. The lowest BCUT2D eigenvalue weighted by atomic mass is 9.72. The minimum atomic E-state index is -1.03. The average Bonchev–Trinajstić information content (AvgIpc) is 1.57. The zero-order chi connectivity index (χ0) is 68.6. The number of carbonyl (C=O) groups is 6. The minimum absolute atomic E-state index is 0.0924. The number of likely N-dealkylation sites (N-methyl/N-ethyl adjacent to an activating group) is 2. The number of hydrogen-bond acceptors (Lipinski definition) is 10. The number of amides is 8. The second kappa shape index (κ2) is 28.1. The van der Waals surface area contributed by atoms with E-state index in [1.807, 2.05) is 152 Å². The Bertz CT molecular complexity index is 3800. The molecule has 4 aliphatic rings. The Kier molecular flexibility index (Phi) is 20.8. The van der Waals surface area contributed by atoms with E-state index in [4.69, 9.17) is 42.6 Å². The van der Waals surface area contributed by atoms with Crippen LogP contribution in [0.5, 0.6) is 0 Å². The summed E-state index contributed by atoms with van der Waals surface area (Å²) in [6, 6.07) is 23.4. The number of aromatic nitrogens is 4. The van der Waals surface area contributed by atoms with Gasteiger partial charge in [0.05, 0.1) is 45.0 Å². The van der Waals surface area contributed by atoms with Crippen LogP contribution in [0.1, 0.15) is 179 Å². The van der Waals surface area contributed by atoms with Gasteiger partial charge in [-0.2, -0.15) is 0 Å². The zero-order valence-corrected chi connectivity index (χ0v) is 59.1. The first-order chi connectivity index (χ1) is 45.0. The van der Waals surface area contributed by atoms with Crippen molar-refractivity contribution in [3.05, 3.63) is 129 Å². The predicted octanol–water partition coefficient (Wildman–Crippen LogP) is 11.7. The number of carbonyl (C=O) groups excluding carboxylic acids is 6. The summed E-state index contributed by atoms with van der Waals surface area (Å²) in [4.78, 5) is 108. The molecule has 95 heavy (non-hydrogen) atoms. The molecule has 22 heteroatoms. The summed E-state index contributed by atoms with van der Waals surface area (Å²) in [6.07, 6.45) is 4.07. The zero-order valence-electron chi connectivity index (χ0n) is 57.5. The number of nitrogens with zero attached hydrogens (tertiary/aromatic N) is 4. The molecule has 4 aromatic carbocycles. The Morgan fingerprint density at radius 1 is 0.589 bits per heavy atom. The number of H-pyrrole nitrogens is 2. The Hall–Kier alpha value is -7.26. The lowest BCUT2D eigenvalue weighted by Crippen LogP contribution is -2.58. The highest BCUT2D eigenvalue weighted by molar-refractivity contribution is 6.31. The van der Waals surface area contributed by atoms with Gasteiger partial charge in [-0.25, -0.2) is 19.6 Å². The molecule has 0 radical (unpaired) electrons. The molecule has 20 nitrogen and oxygen atoms in total.